The van der Waals surface area contributed by atoms with Gasteiger partial charge < -0.3 is 9.84 Å². The zero-order chi connectivity index (χ0) is 20.8. The van der Waals surface area contributed by atoms with Crippen LogP contribution in [0.2, 0.25) is 0 Å². The van der Waals surface area contributed by atoms with Crippen LogP contribution >= 0.6 is 0 Å². The van der Waals surface area contributed by atoms with Gasteiger partial charge in [-0.25, -0.2) is 0 Å². The van der Waals surface area contributed by atoms with Gasteiger partial charge in [0.05, 0.1) is 6.04 Å². The number of hydrogen-bond acceptors (Lipinski definition) is 4. The molecular formula is C25H29N3O2. The summed E-state index contributed by atoms with van der Waals surface area (Å²) in [6, 6.07) is 20.4. The Morgan fingerprint density at radius 2 is 1.80 bits per heavy atom. The Labute approximate surface area is 178 Å². The van der Waals surface area contributed by atoms with Crippen molar-refractivity contribution in [1.29, 1.82) is 0 Å². The average molecular weight is 404 g/mol. The lowest BCUT2D eigenvalue weighted by molar-refractivity contribution is 0.0915. The van der Waals surface area contributed by atoms with E-state index in [2.05, 4.69) is 46.6 Å². The number of rotatable bonds is 7. The Kier molecular flexibility index (Phi) is 6.60. The van der Waals surface area contributed by atoms with E-state index in [-0.39, 0.29) is 11.9 Å². The van der Waals surface area contributed by atoms with Gasteiger partial charge in [0.15, 0.2) is 11.5 Å². The van der Waals surface area contributed by atoms with Gasteiger partial charge in [0.1, 0.15) is 0 Å². The normalized spacial score (nSPS) is 15.6. The van der Waals surface area contributed by atoms with E-state index < -0.39 is 0 Å². The summed E-state index contributed by atoms with van der Waals surface area (Å²) >= 11 is 0. The molecule has 1 atom stereocenters. The number of aryl methyl sites for hydroxylation is 1. The minimum absolute atomic E-state index is 0.167. The van der Waals surface area contributed by atoms with E-state index in [1.807, 2.05) is 30.3 Å². The molecule has 1 aliphatic rings. The van der Waals surface area contributed by atoms with Crippen LogP contribution in [0.5, 0.6) is 0 Å². The number of carbonyl (C=O) groups is 1. The van der Waals surface area contributed by atoms with Gasteiger partial charge in [-0.05, 0) is 43.5 Å². The molecule has 1 aliphatic heterocycles. The fourth-order valence-corrected chi connectivity index (χ4v) is 4.06. The summed E-state index contributed by atoms with van der Waals surface area (Å²) in [4.78, 5) is 15.2. The van der Waals surface area contributed by atoms with Gasteiger partial charge in [-0.1, -0.05) is 73.1 Å². The Balaban J connectivity index is 1.46. The molecule has 1 amide bonds. The standard InChI is InChI=1S/C25H29N3O2/c1-2-19-11-13-20(14-12-19)23(28-15-7-4-8-16-28)18-26-25(29)22-17-24(30-27-22)21-9-5-3-6-10-21/h3,5-6,9-14,17,23H,2,4,7-8,15-16,18H2,1H3,(H,26,29)/t23-/m0/s1. The van der Waals surface area contributed by atoms with Crippen molar-refractivity contribution in [2.45, 2.75) is 38.6 Å². The van der Waals surface area contributed by atoms with Crippen LogP contribution in [0.15, 0.2) is 65.2 Å². The molecule has 4 rings (SSSR count). The van der Waals surface area contributed by atoms with E-state index in [1.54, 1.807) is 6.07 Å². The first kappa shape index (κ1) is 20.4. The highest BCUT2D eigenvalue weighted by molar-refractivity contribution is 5.93. The third-order valence-corrected chi connectivity index (χ3v) is 5.86. The van der Waals surface area contributed by atoms with Gasteiger partial charge in [0, 0.05) is 18.2 Å². The maximum absolute atomic E-state index is 12.8. The predicted octanol–water partition coefficient (Wildman–Crippen LogP) is 4.86. The summed E-state index contributed by atoms with van der Waals surface area (Å²) in [5, 5.41) is 7.06. The maximum Gasteiger partial charge on any atom is 0.273 e. The quantitative estimate of drug-likeness (QED) is 0.612. The van der Waals surface area contributed by atoms with Crippen LogP contribution in [-0.4, -0.2) is 35.6 Å². The molecule has 1 saturated heterocycles. The second-order valence-electron chi connectivity index (χ2n) is 7.86. The van der Waals surface area contributed by atoms with E-state index >= 15 is 0 Å². The van der Waals surface area contributed by atoms with E-state index in [0.29, 0.717) is 18.0 Å². The highest BCUT2D eigenvalue weighted by atomic mass is 16.5. The number of nitrogens with one attached hydrogen (secondary N) is 1. The first-order valence-corrected chi connectivity index (χ1v) is 10.9. The third-order valence-electron chi connectivity index (χ3n) is 5.86. The van der Waals surface area contributed by atoms with Crippen molar-refractivity contribution in [3.05, 3.63) is 77.5 Å². The SMILES string of the molecule is CCc1ccc([C@H](CNC(=O)c2cc(-c3ccccc3)on2)N2CCCCC2)cc1. The molecule has 5 heteroatoms. The number of nitrogens with zero attached hydrogens (tertiary/aromatic N) is 2. The fourth-order valence-electron chi connectivity index (χ4n) is 4.06. The largest absolute Gasteiger partial charge is 0.355 e. The Morgan fingerprint density at radius 1 is 1.07 bits per heavy atom. The molecule has 2 heterocycles. The zero-order valence-corrected chi connectivity index (χ0v) is 17.5. The lowest BCUT2D eigenvalue weighted by atomic mass is 9.99. The Hall–Kier alpha value is -2.92. The van der Waals surface area contributed by atoms with Crippen LogP contribution in [0, 0.1) is 0 Å². The number of piperidine rings is 1. The number of aromatic nitrogens is 1. The lowest BCUT2D eigenvalue weighted by Gasteiger charge is -2.35. The molecule has 0 radical (unpaired) electrons. The fraction of sp³-hybridized carbons (Fsp3) is 0.360. The molecule has 1 fully saturated rings. The highest BCUT2D eigenvalue weighted by Gasteiger charge is 2.24. The first-order valence-electron chi connectivity index (χ1n) is 10.9. The van der Waals surface area contributed by atoms with Crippen LogP contribution in [0.1, 0.15) is 53.8 Å². The van der Waals surface area contributed by atoms with Crippen molar-refractivity contribution < 1.29 is 9.32 Å². The molecule has 3 aromatic rings. The predicted molar refractivity (Wildman–Crippen MR) is 118 cm³/mol. The molecule has 1 aromatic heterocycles. The summed E-state index contributed by atoms with van der Waals surface area (Å²) in [5.41, 5.74) is 3.80. The van der Waals surface area contributed by atoms with Crippen LogP contribution in [0.3, 0.4) is 0 Å². The van der Waals surface area contributed by atoms with Crippen molar-refractivity contribution >= 4 is 5.91 Å². The molecule has 5 nitrogen and oxygen atoms in total. The third kappa shape index (κ3) is 4.79. The highest BCUT2D eigenvalue weighted by Crippen LogP contribution is 2.25. The number of likely N-dealkylation sites (tertiary alicyclic amines) is 1. The van der Waals surface area contributed by atoms with Crippen LogP contribution in [0.25, 0.3) is 11.3 Å². The Bertz CT molecular complexity index is 944. The summed E-state index contributed by atoms with van der Waals surface area (Å²) in [7, 11) is 0. The summed E-state index contributed by atoms with van der Waals surface area (Å²) < 4.78 is 5.38. The molecule has 0 spiro atoms. The number of amides is 1. The van der Waals surface area contributed by atoms with Crippen LogP contribution in [0.4, 0.5) is 0 Å². The molecular weight excluding hydrogens is 374 g/mol. The van der Waals surface area contributed by atoms with E-state index in [9.17, 15) is 4.79 Å². The molecule has 1 N–H and O–H groups in total. The molecule has 0 aliphatic carbocycles. The van der Waals surface area contributed by atoms with Crippen molar-refractivity contribution in [3.8, 4) is 11.3 Å². The van der Waals surface area contributed by atoms with Gasteiger partial charge in [-0.3, -0.25) is 9.69 Å². The molecule has 2 aromatic carbocycles. The minimum Gasteiger partial charge on any atom is -0.355 e. The van der Waals surface area contributed by atoms with E-state index in [1.165, 1.54) is 30.4 Å². The summed E-state index contributed by atoms with van der Waals surface area (Å²) in [6.07, 6.45) is 4.73. The molecule has 156 valence electrons. The number of carbonyl (C=O) groups excluding carboxylic acids is 1. The molecule has 0 saturated carbocycles. The topological polar surface area (TPSA) is 58.4 Å². The monoisotopic (exact) mass is 403 g/mol. The second kappa shape index (κ2) is 9.72. The second-order valence-corrected chi connectivity index (χ2v) is 7.86. The van der Waals surface area contributed by atoms with Crippen molar-refractivity contribution in [3.63, 3.8) is 0 Å². The minimum atomic E-state index is -0.201. The van der Waals surface area contributed by atoms with E-state index in [4.69, 9.17) is 4.52 Å². The molecule has 0 unspecified atom stereocenters. The Morgan fingerprint density at radius 3 is 2.50 bits per heavy atom. The van der Waals surface area contributed by atoms with Crippen molar-refractivity contribution in [2.24, 2.45) is 0 Å². The van der Waals surface area contributed by atoms with Gasteiger partial charge in [0.2, 0.25) is 0 Å². The number of benzene rings is 2. The lowest BCUT2D eigenvalue weighted by Crippen LogP contribution is -2.40. The molecule has 0 bridgehead atoms. The van der Waals surface area contributed by atoms with Gasteiger partial charge >= 0.3 is 0 Å². The smallest absolute Gasteiger partial charge is 0.273 e. The number of hydrogen-bond donors (Lipinski definition) is 1. The first-order chi connectivity index (χ1) is 14.7. The van der Waals surface area contributed by atoms with Gasteiger partial charge in [-0.2, -0.15) is 0 Å². The van der Waals surface area contributed by atoms with Crippen molar-refractivity contribution in [2.75, 3.05) is 19.6 Å². The average Bonchev–Trinajstić information content (AvgIpc) is 3.31. The maximum atomic E-state index is 12.8. The summed E-state index contributed by atoms with van der Waals surface area (Å²) in [6.45, 7) is 4.85. The van der Waals surface area contributed by atoms with Crippen LogP contribution < -0.4 is 5.32 Å². The molecule has 30 heavy (non-hydrogen) atoms. The van der Waals surface area contributed by atoms with Gasteiger partial charge in [-0.15, -0.1) is 0 Å². The zero-order valence-electron chi connectivity index (χ0n) is 17.5. The van der Waals surface area contributed by atoms with Gasteiger partial charge in [0.25, 0.3) is 5.91 Å². The van der Waals surface area contributed by atoms with Crippen LogP contribution in [-0.2, 0) is 6.42 Å². The summed E-state index contributed by atoms with van der Waals surface area (Å²) in [5.74, 6) is 0.400. The van der Waals surface area contributed by atoms with Crippen molar-refractivity contribution in [1.82, 2.24) is 15.4 Å². The van der Waals surface area contributed by atoms with E-state index in [0.717, 1.165) is 25.1 Å².